The van der Waals surface area contributed by atoms with Gasteiger partial charge in [-0.05, 0) is 42.8 Å². The molecule has 1 amide bonds. The highest BCUT2D eigenvalue weighted by Crippen LogP contribution is 2.26. The quantitative estimate of drug-likeness (QED) is 0.730. The lowest BCUT2D eigenvalue weighted by molar-refractivity contribution is 0.0707. The van der Waals surface area contributed by atoms with E-state index < -0.39 is 0 Å². The van der Waals surface area contributed by atoms with E-state index in [1.54, 1.807) is 19.5 Å². The van der Waals surface area contributed by atoms with Crippen LogP contribution in [-0.2, 0) is 13.1 Å². The number of imidazole rings is 1. The van der Waals surface area contributed by atoms with E-state index in [0.29, 0.717) is 18.7 Å². The topological polar surface area (TPSA) is 60.2 Å². The highest BCUT2D eigenvalue weighted by atomic mass is 16.5. The molecule has 0 fully saturated rings. The smallest absolute Gasteiger partial charge is 0.255 e. The third kappa shape index (κ3) is 2.94. The summed E-state index contributed by atoms with van der Waals surface area (Å²) in [5, 5.41) is 0. The van der Waals surface area contributed by atoms with Crippen LogP contribution < -0.4 is 4.74 Å². The molecule has 1 aliphatic rings. The Morgan fingerprint density at radius 2 is 1.92 bits per heavy atom. The van der Waals surface area contributed by atoms with E-state index in [-0.39, 0.29) is 5.91 Å². The molecule has 0 spiro atoms. The Kier molecular flexibility index (Phi) is 4.16. The molecule has 2 aromatic heterocycles. The van der Waals surface area contributed by atoms with Crippen molar-refractivity contribution in [2.24, 2.45) is 0 Å². The molecule has 0 aliphatic carbocycles. The number of carbonyl (C=O) groups is 1. The Labute approximate surface area is 152 Å². The molecule has 6 heteroatoms. The molecule has 0 saturated heterocycles. The maximum atomic E-state index is 12.7. The molecule has 1 aromatic carbocycles. The van der Waals surface area contributed by atoms with Gasteiger partial charge < -0.3 is 14.2 Å². The molecule has 3 aromatic rings. The van der Waals surface area contributed by atoms with Gasteiger partial charge in [0.25, 0.3) is 5.91 Å². The summed E-state index contributed by atoms with van der Waals surface area (Å²) in [6, 6.07) is 9.81. The molecule has 4 rings (SSSR count). The normalized spacial score (nSPS) is 13.4. The zero-order chi connectivity index (χ0) is 18.1. The van der Waals surface area contributed by atoms with Gasteiger partial charge in [0, 0.05) is 31.0 Å². The van der Waals surface area contributed by atoms with Crippen molar-refractivity contribution in [1.29, 1.82) is 0 Å². The molecule has 1 aliphatic heterocycles. The molecule has 0 radical (unpaired) electrons. The lowest BCUT2D eigenvalue weighted by Gasteiger charge is -2.28. The van der Waals surface area contributed by atoms with Crippen molar-refractivity contribution in [2.75, 3.05) is 13.7 Å². The first-order valence-corrected chi connectivity index (χ1v) is 8.55. The monoisotopic (exact) mass is 348 g/mol. The van der Waals surface area contributed by atoms with Crippen molar-refractivity contribution >= 4 is 5.91 Å². The number of amides is 1. The number of rotatable bonds is 3. The van der Waals surface area contributed by atoms with Crippen LogP contribution in [0.25, 0.3) is 11.3 Å². The fourth-order valence-corrected chi connectivity index (χ4v) is 3.28. The fourth-order valence-electron chi connectivity index (χ4n) is 3.28. The number of ether oxygens (including phenoxy) is 1. The summed E-state index contributed by atoms with van der Waals surface area (Å²) in [5.74, 6) is 1.73. The molecule has 0 bridgehead atoms. The highest BCUT2D eigenvalue weighted by Gasteiger charge is 2.24. The van der Waals surface area contributed by atoms with Crippen molar-refractivity contribution in [3.8, 4) is 17.0 Å². The molecule has 0 unspecified atom stereocenters. The average molecular weight is 348 g/mol. The SMILES string of the molecule is COc1ccc(-c2cnc3n2CCN(C(=O)c2cncc(C)c2)C3)cc1. The predicted octanol–water partition coefficient (Wildman–Crippen LogP) is 2.92. The van der Waals surface area contributed by atoms with E-state index in [9.17, 15) is 4.79 Å². The Morgan fingerprint density at radius 1 is 1.12 bits per heavy atom. The van der Waals surface area contributed by atoms with Crippen molar-refractivity contribution in [3.05, 3.63) is 65.9 Å². The second kappa shape index (κ2) is 6.63. The Hall–Kier alpha value is -3.15. The second-order valence-electron chi connectivity index (χ2n) is 6.42. The number of hydrogen-bond donors (Lipinski definition) is 0. The molecule has 132 valence electrons. The number of hydrogen-bond acceptors (Lipinski definition) is 4. The van der Waals surface area contributed by atoms with Crippen LogP contribution in [-0.4, -0.2) is 39.0 Å². The number of aryl methyl sites for hydroxylation is 1. The van der Waals surface area contributed by atoms with E-state index >= 15 is 0 Å². The third-order valence-corrected chi connectivity index (χ3v) is 4.66. The zero-order valence-electron chi connectivity index (χ0n) is 14.8. The van der Waals surface area contributed by atoms with Gasteiger partial charge in [-0.3, -0.25) is 9.78 Å². The van der Waals surface area contributed by atoms with Crippen molar-refractivity contribution in [3.63, 3.8) is 0 Å². The van der Waals surface area contributed by atoms with Gasteiger partial charge in [0.1, 0.15) is 11.6 Å². The van der Waals surface area contributed by atoms with E-state index in [0.717, 1.165) is 34.9 Å². The van der Waals surface area contributed by atoms with E-state index in [1.807, 2.05) is 48.4 Å². The lowest BCUT2D eigenvalue weighted by Crippen LogP contribution is -2.38. The van der Waals surface area contributed by atoms with Crippen LogP contribution >= 0.6 is 0 Å². The summed E-state index contributed by atoms with van der Waals surface area (Å²) in [5.41, 5.74) is 3.76. The molecule has 26 heavy (non-hydrogen) atoms. The van der Waals surface area contributed by atoms with E-state index in [1.165, 1.54) is 0 Å². The maximum Gasteiger partial charge on any atom is 0.255 e. The van der Waals surface area contributed by atoms with Crippen LogP contribution in [0.3, 0.4) is 0 Å². The van der Waals surface area contributed by atoms with Crippen LogP contribution in [0.5, 0.6) is 5.75 Å². The summed E-state index contributed by atoms with van der Waals surface area (Å²) < 4.78 is 7.40. The van der Waals surface area contributed by atoms with Crippen LogP contribution in [0.2, 0.25) is 0 Å². The van der Waals surface area contributed by atoms with Gasteiger partial charge in [0.2, 0.25) is 0 Å². The van der Waals surface area contributed by atoms with Crippen molar-refractivity contribution < 1.29 is 9.53 Å². The van der Waals surface area contributed by atoms with Crippen LogP contribution in [0.1, 0.15) is 21.7 Å². The van der Waals surface area contributed by atoms with Crippen LogP contribution in [0.15, 0.2) is 48.9 Å². The first-order chi connectivity index (χ1) is 12.7. The molecule has 6 nitrogen and oxygen atoms in total. The summed E-state index contributed by atoms with van der Waals surface area (Å²) in [6.07, 6.45) is 5.25. The molecule has 0 N–H and O–H groups in total. The van der Waals surface area contributed by atoms with Crippen molar-refractivity contribution in [2.45, 2.75) is 20.0 Å². The average Bonchev–Trinajstić information content (AvgIpc) is 3.10. The number of methoxy groups -OCH3 is 1. The fraction of sp³-hybridized carbons (Fsp3) is 0.250. The van der Waals surface area contributed by atoms with Crippen LogP contribution in [0.4, 0.5) is 0 Å². The first-order valence-electron chi connectivity index (χ1n) is 8.55. The Morgan fingerprint density at radius 3 is 2.65 bits per heavy atom. The molecular weight excluding hydrogens is 328 g/mol. The van der Waals surface area contributed by atoms with Gasteiger partial charge >= 0.3 is 0 Å². The van der Waals surface area contributed by atoms with Gasteiger partial charge in [0.15, 0.2) is 0 Å². The highest BCUT2D eigenvalue weighted by molar-refractivity contribution is 5.94. The molecule has 0 atom stereocenters. The molecular formula is C20H20N4O2. The largest absolute Gasteiger partial charge is 0.497 e. The number of carbonyl (C=O) groups excluding carboxylic acids is 1. The van der Waals surface area contributed by atoms with Gasteiger partial charge in [-0.2, -0.15) is 0 Å². The molecule has 3 heterocycles. The Balaban J connectivity index is 1.57. The van der Waals surface area contributed by atoms with Gasteiger partial charge in [0.05, 0.1) is 31.1 Å². The van der Waals surface area contributed by atoms with Crippen molar-refractivity contribution in [1.82, 2.24) is 19.4 Å². The standard InChI is InChI=1S/C20H20N4O2/c1-14-9-16(11-21-10-14)20(25)23-7-8-24-18(12-22-19(24)13-23)15-3-5-17(26-2)6-4-15/h3-6,9-12H,7-8,13H2,1-2H3. The second-order valence-corrected chi connectivity index (χ2v) is 6.42. The van der Waals surface area contributed by atoms with Gasteiger partial charge in [-0.1, -0.05) is 0 Å². The summed E-state index contributed by atoms with van der Waals surface area (Å²) >= 11 is 0. The number of fused-ring (bicyclic) bond motifs is 1. The maximum absolute atomic E-state index is 12.7. The first kappa shape index (κ1) is 16.3. The minimum Gasteiger partial charge on any atom is -0.497 e. The zero-order valence-corrected chi connectivity index (χ0v) is 14.8. The van der Waals surface area contributed by atoms with E-state index in [2.05, 4.69) is 14.5 Å². The third-order valence-electron chi connectivity index (χ3n) is 4.66. The van der Waals surface area contributed by atoms with Gasteiger partial charge in [-0.15, -0.1) is 0 Å². The van der Waals surface area contributed by atoms with Gasteiger partial charge in [-0.25, -0.2) is 4.98 Å². The predicted molar refractivity (Wildman–Crippen MR) is 97.9 cm³/mol. The lowest BCUT2D eigenvalue weighted by atomic mass is 10.1. The number of pyridine rings is 1. The summed E-state index contributed by atoms with van der Waals surface area (Å²) in [7, 11) is 1.66. The number of benzene rings is 1. The van der Waals surface area contributed by atoms with Crippen LogP contribution in [0, 0.1) is 6.92 Å². The Bertz CT molecular complexity index is 947. The summed E-state index contributed by atoms with van der Waals surface area (Å²) in [6.45, 7) is 3.82. The van der Waals surface area contributed by atoms with E-state index in [4.69, 9.17) is 4.74 Å². The minimum absolute atomic E-state index is 0.00134. The minimum atomic E-state index is 0.00134. The number of aromatic nitrogens is 3. The summed E-state index contributed by atoms with van der Waals surface area (Å²) in [4.78, 5) is 23.2. The molecule has 0 saturated carbocycles. The number of nitrogens with zero attached hydrogens (tertiary/aromatic N) is 4.